The summed E-state index contributed by atoms with van der Waals surface area (Å²) in [6.07, 6.45) is 0. The first-order valence-corrected chi connectivity index (χ1v) is 12.2. The standard InChI is InChI=1S/C35H26/c1-6-16-26(17-7-1)31-32(27-18-8-2-9-19-27)34(29-22-12-4-13-23-29)35(30-24-14-5-15-25-30)33(31)28-20-10-3-11-21-28/h1-25,31H. The second kappa shape index (κ2) is 9.44. The highest BCUT2D eigenvalue weighted by Gasteiger charge is 2.37. The van der Waals surface area contributed by atoms with Crippen LogP contribution in [0.25, 0.3) is 22.3 Å². The van der Waals surface area contributed by atoms with Crippen LogP contribution in [-0.2, 0) is 0 Å². The zero-order valence-electron chi connectivity index (χ0n) is 19.5. The van der Waals surface area contributed by atoms with Gasteiger partial charge in [-0.3, -0.25) is 0 Å². The molecule has 0 heteroatoms. The second-order valence-corrected chi connectivity index (χ2v) is 8.89. The van der Waals surface area contributed by atoms with Gasteiger partial charge < -0.3 is 0 Å². The molecule has 166 valence electrons. The fraction of sp³-hybridized carbons (Fsp3) is 0.0286. The van der Waals surface area contributed by atoms with Crippen LogP contribution in [0.2, 0.25) is 0 Å². The molecule has 5 aromatic carbocycles. The number of hydrogen-bond donors (Lipinski definition) is 0. The molecule has 1 aliphatic rings. The average molecular weight is 447 g/mol. The Hall–Kier alpha value is -4.42. The first kappa shape index (κ1) is 21.1. The summed E-state index contributed by atoms with van der Waals surface area (Å²) in [7, 11) is 0. The van der Waals surface area contributed by atoms with E-state index in [4.69, 9.17) is 0 Å². The SMILES string of the molecule is c1ccc(C2=C(c3ccccc3)C(c3ccccc3)C(c3ccccc3)=C2c2ccccc2)cc1. The van der Waals surface area contributed by atoms with E-state index in [1.165, 1.54) is 50.1 Å². The Balaban J connectivity index is 1.77. The Morgan fingerprint density at radius 1 is 0.286 bits per heavy atom. The second-order valence-electron chi connectivity index (χ2n) is 8.89. The molecule has 0 amide bonds. The summed E-state index contributed by atoms with van der Waals surface area (Å²) >= 11 is 0. The van der Waals surface area contributed by atoms with Crippen molar-refractivity contribution < 1.29 is 0 Å². The maximum Gasteiger partial charge on any atom is 0.0364 e. The van der Waals surface area contributed by atoms with Crippen molar-refractivity contribution >= 4 is 22.3 Å². The van der Waals surface area contributed by atoms with Crippen molar-refractivity contribution in [2.45, 2.75) is 5.92 Å². The van der Waals surface area contributed by atoms with E-state index in [2.05, 4.69) is 152 Å². The Bertz CT molecular complexity index is 1380. The minimum Gasteiger partial charge on any atom is -0.0622 e. The van der Waals surface area contributed by atoms with Gasteiger partial charge >= 0.3 is 0 Å². The van der Waals surface area contributed by atoms with Crippen LogP contribution in [0.3, 0.4) is 0 Å². The minimum atomic E-state index is 0.117. The summed E-state index contributed by atoms with van der Waals surface area (Å²) < 4.78 is 0. The number of hydrogen-bond acceptors (Lipinski definition) is 0. The summed E-state index contributed by atoms with van der Waals surface area (Å²) in [5, 5.41) is 0. The molecule has 0 spiro atoms. The van der Waals surface area contributed by atoms with Crippen molar-refractivity contribution in [2.24, 2.45) is 0 Å². The average Bonchev–Trinajstić information content (AvgIpc) is 3.32. The van der Waals surface area contributed by atoms with Crippen molar-refractivity contribution in [1.82, 2.24) is 0 Å². The highest BCUT2D eigenvalue weighted by molar-refractivity contribution is 6.29. The Morgan fingerprint density at radius 3 is 0.914 bits per heavy atom. The third-order valence-electron chi connectivity index (χ3n) is 6.79. The molecule has 5 aromatic rings. The summed E-state index contributed by atoms with van der Waals surface area (Å²) in [6, 6.07) is 54.5. The lowest BCUT2D eigenvalue weighted by Gasteiger charge is -2.22. The minimum absolute atomic E-state index is 0.117. The van der Waals surface area contributed by atoms with Crippen LogP contribution in [-0.4, -0.2) is 0 Å². The molecule has 0 bridgehead atoms. The van der Waals surface area contributed by atoms with Crippen molar-refractivity contribution in [3.8, 4) is 0 Å². The van der Waals surface area contributed by atoms with E-state index in [0.29, 0.717) is 0 Å². The molecule has 0 aromatic heterocycles. The van der Waals surface area contributed by atoms with Gasteiger partial charge in [0.2, 0.25) is 0 Å². The van der Waals surface area contributed by atoms with Crippen LogP contribution in [0, 0.1) is 0 Å². The van der Waals surface area contributed by atoms with Crippen LogP contribution in [0.1, 0.15) is 33.7 Å². The van der Waals surface area contributed by atoms with E-state index in [9.17, 15) is 0 Å². The molecule has 35 heavy (non-hydrogen) atoms. The van der Waals surface area contributed by atoms with Gasteiger partial charge in [0.15, 0.2) is 0 Å². The largest absolute Gasteiger partial charge is 0.0622 e. The van der Waals surface area contributed by atoms with Gasteiger partial charge in [0.05, 0.1) is 0 Å². The van der Waals surface area contributed by atoms with Crippen LogP contribution >= 0.6 is 0 Å². The van der Waals surface area contributed by atoms with E-state index in [1.54, 1.807) is 0 Å². The molecule has 0 nitrogen and oxygen atoms in total. The molecule has 0 saturated heterocycles. The van der Waals surface area contributed by atoms with Gasteiger partial charge in [0, 0.05) is 5.92 Å². The Labute approximate surface area is 207 Å². The number of benzene rings is 5. The Morgan fingerprint density at radius 2 is 0.571 bits per heavy atom. The summed E-state index contributed by atoms with van der Waals surface area (Å²) in [4.78, 5) is 0. The van der Waals surface area contributed by atoms with Gasteiger partial charge in [-0.25, -0.2) is 0 Å². The summed E-state index contributed by atoms with van der Waals surface area (Å²) in [5.74, 6) is 0.117. The first-order chi connectivity index (χ1) is 17.4. The molecule has 0 heterocycles. The van der Waals surface area contributed by atoms with Crippen LogP contribution in [0.4, 0.5) is 0 Å². The Kier molecular flexibility index (Phi) is 5.70. The summed E-state index contributed by atoms with van der Waals surface area (Å²) in [6.45, 7) is 0. The van der Waals surface area contributed by atoms with Crippen LogP contribution in [0.15, 0.2) is 152 Å². The fourth-order valence-corrected chi connectivity index (χ4v) is 5.35. The summed E-state index contributed by atoms with van der Waals surface area (Å²) in [5.41, 5.74) is 11.7. The van der Waals surface area contributed by atoms with Crippen molar-refractivity contribution in [1.29, 1.82) is 0 Å². The molecule has 0 atom stereocenters. The van der Waals surface area contributed by atoms with Gasteiger partial charge in [0.25, 0.3) is 0 Å². The predicted molar refractivity (Wildman–Crippen MR) is 149 cm³/mol. The molecule has 0 unspecified atom stereocenters. The normalized spacial score (nSPS) is 13.9. The lowest BCUT2D eigenvalue weighted by atomic mass is 9.81. The van der Waals surface area contributed by atoms with E-state index >= 15 is 0 Å². The quantitative estimate of drug-likeness (QED) is 0.253. The molecule has 0 fully saturated rings. The monoisotopic (exact) mass is 446 g/mol. The van der Waals surface area contributed by atoms with E-state index in [0.717, 1.165) is 0 Å². The molecule has 0 aliphatic heterocycles. The van der Waals surface area contributed by atoms with Crippen molar-refractivity contribution in [3.05, 3.63) is 179 Å². The van der Waals surface area contributed by atoms with Crippen LogP contribution in [0.5, 0.6) is 0 Å². The molecule has 1 aliphatic carbocycles. The smallest absolute Gasteiger partial charge is 0.0364 e. The van der Waals surface area contributed by atoms with E-state index < -0.39 is 0 Å². The first-order valence-electron chi connectivity index (χ1n) is 12.2. The molecule has 0 radical (unpaired) electrons. The molecule has 0 saturated carbocycles. The van der Waals surface area contributed by atoms with Gasteiger partial charge in [-0.1, -0.05) is 152 Å². The third kappa shape index (κ3) is 3.94. The zero-order valence-corrected chi connectivity index (χ0v) is 19.5. The number of rotatable bonds is 5. The molecular weight excluding hydrogens is 420 g/mol. The highest BCUT2D eigenvalue weighted by Crippen LogP contribution is 2.58. The molecule has 0 N–H and O–H groups in total. The maximum atomic E-state index is 2.27. The van der Waals surface area contributed by atoms with Gasteiger partial charge in [-0.15, -0.1) is 0 Å². The van der Waals surface area contributed by atoms with Crippen molar-refractivity contribution in [2.75, 3.05) is 0 Å². The van der Waals surface area contributed by atoms with E-state index in [1.807, 2.05) is 0 Å². The predicted octanol–water partition coefficient (Wildman–Crippen LogP) is 9.01. The molecular formula is C35H26. The number of allylic oxidation sites excluding steroid dienone is 4. The topological polar surface area (TPSA) is 0 Å². The zero-order chi connectivity index (χ0) is 23.5. The highest BCUT2D eigenvalue weighted by atomic mass is 14.4. The molecule has 6 rings (SSSR count). The lowest BCUT2D eigenvalue weighted by Crippen LogP contribution is -2.03. The van der Waals surface area contributed by atoms with Crippen LogP contribution < -0.4 is 0 Å². The van der Waals surface area contributed by atoms with Crippen molar-refractivity contribution in [3.63, 3.8) is 0 Å². The van der Waals surface area contributed by atoms with E-state index in [-0.39, 0.29) is 5.92 Å². The van der Waals surface area contributed by atoms with Gasteiger partial charge in [-0.2, -0.15) is 0 Å². The lowest BCUT2D eigenvalue weighted by molar-refractivity contribution is 1.14. The third-order valence-corrected chi connectivity index (χ3v) is 6.79. The maximum absolute atomic E-state index is 2.27. The van der Waals surface area contributed by atoms with Gasteiger partial charge in [-0.05, 0) is 50.1 Å². The van der Waals surface area contributed by atoms with Gasteiger partial charge in [0.1, 0.15) is 0 Å². The fourth-order valence-electron chi connectivity index (χ4n) is 5.35.